The van der Waals surface area contributed by atoms with Gasteiger partial charge in [-0.05, 0) is 32.2 Å². The van der Waals surface area contributed by atoms with Crippen molar-refractivity contribution in [3.63, 3.8) is 0 Å². The number of piperidine rings is 1. The second-order valence-corrected chi connectivity index (χ2v) is 6.36. The Balaban J connectivity index is 1.72. The first-order valence-corrected chi connectivity index (χ1v) is 8.74. The van der Waals surface area contributed by atoms with Crippen LogP contribution in [0.25, 0.3) is 0 Å². The van der Waals surface area contributed by atoms with Gasteiger partial charge < -0.3 is 20.9 Å². The van der Waals surface area contributed by atoms with E-state index in [1.54, 1.807) is 0 Å². The minimum atomic E-state index is -0.0651. The van der Waals surface area contributed by atoms with Gasteiger partial charge in [0.15, 0.2) is 0 Å². The molecule has 22 heavy (non-hydrogen) atoms. The molecule has 6 nitrogen and oxygen atoms in total. The first kappa shape index (κ1) is 17.1. The summed E-state index contributed by atoms with van der Waals surface area (Å²) in [7, 11) is 0. The molecule has 2 aliphatic rings. The van der Waals surface area contributed by atoms with Crippen molar-refractivity contribution in [2.24, 2.45) is 5.92 Å². The van der Waals surface area contributed by atoms with E-state index >= 15 is 0 Å². The standard InChI is InChI=1S/C16H30N4O2/c1-2-17-9-10-18-15(21)13-6-5-11-20(12-13)16(22)19-14-7-3-4-8-14/h13-14,17H,2-12H2,1H3,(H,18,21)(H,19,22). The Morgan fingerprint density at radius 3 is 2.59 bits per heavy atom. The number of nitrogens with one attached hydrogen (secondary N) is 3. The summed E-state index contributed by atoms with van der Waals surface area (Å²) in [5.74, 6) is 0.0148. The third kappa shape index (κ3) is 5.16. The van der Waals surface area contributed by atoms with Gasteiger partial charge in [0.05, 0.1) is 5.92 Å². The summed E-state index contributed by atoms with van der Waals surface area (Å²) in [4.78, 5) is 26.3. The van der Waals surface area contributed by atoms with E-state index in [0.29, 0.717) is 19.1 Å². The van der Waals surface area contributed by atoms with Crippen molar-refractivity contribution in [3.8, 4) is 0 Å². The molecule has 0 aromatic heterocycles. The Hall–Kier alpha value is -1.30. The summed E-state index contributed by atoms with van der Waals surface area (Å²) < 4.78 is 0. The van der Waals surface area contributed by atoms with Crippen LogP contribution in [0.1, 0.15) is 45.4 Å². The van der Waals surface area contributed by atoms with Gasteiger partial charge in [0.1, 0.15) is 0 Å². The lowest BCUT2D eigenvalue weighted by Crippen LogP contribution is -2.51. The fourth-order valence-corrected chi connectivity index (χ4v) is 3.31. The van der Waals surface area contributed by atoms with Crippen LogP contribution < -0.4 is 16.0 Å². The summed E-state index contributed by atoms with van der Waals surface area (Å²) in [5, 5.41) is 9.26. The molecule has 1 heterocycles. The summed E-state index contributed by atoms with van der Waals surface area (Å²) in [6.45, 7) is 5.71. The molecule has 1 unspecified atom stereocenters. The van der Waals surface area contributed by atoms with Crippen LogP contribution in [-0.2, 0) is 4.79 Å². The van der Waals surface area contributed by atoms with Gasteiger partial charge in [-0.15, -0.1) is 0 Å². The number of likely N-dealkylation sites (tertiary alicyclic amines) is 1. The number of urea groups is 1. The van der Waals surface area contributed by atoms with Gasteiger partial charge in [0, 0.05) is 32.2 Å². The van der Waals surface area contributed by atoms with Crippen LogP contribution in [0.5, 0.6) is 0 Å². The van der Waals surface area contributed by atoms with E-state index < -0.39 is 0 Å². The molecule has 6 heteroatoms. The Morgan fingerprint density at radius 1 is 1.09 bits per heavy atom. The summed E-state index contributed by atoms with van der Waals surface area (Å²) in [5.41, 5.74) is 0. The van der Waals surface area contributed by atoms with E-state index in [2.05, 4.69) is 16.0 Å². The highest BCUT2D eigenvalue weighted by atomic mass is 16.2. The molecule has 1 aliphatic carbocycles. The van der Waals surface area contributed by atoms with E-state index in [1.807, 2.05) is 11.8 Å². The fourth-order valence-electron chi connectivity index (χ4n) is 3.31. The lowest BCUT2D eigenvalue weighted by atomic mass is 9.97. The maximum atomic E-state index is 12.3. The van der Waals surface area contributed by atoms with Gasteiger partial charge in [-0.2, -0.15) is 0 Å². The number of hydrogen-bond acceptors (Lipinski definition) is 3. The average Bonchev–Trinajstić information content (AvgIpc) is 3.04. The number of rotatable bonds is 6. The molecule has 1 aliphatic heterocycles. The lowest BCUT2D eigenvalue weighted by molar-refractivity contribution is -0.126. The molecule has 0 bridgehead atoms. The molecule has 3 amide bonds. The molecule has 1 saturated heterocycles. The summed E-state index contributed by atoms with van der Waals surface area (Å²) in [6.07, 6.45) is 6.38. The number of hydrogen-bond donors (Lipinski definition) is 3. The molecule has 0 radical (unpaired) electrons. The highest BCUT2D eigenvalue weighted by Crippen LogP contribution is 2.20. The molecule has 2 fully saturated rings. The number of nitrogens with zero attached hydrogens (tertiary/aromatic N) is 1. The third-order valence-electron chi connectivity index (χ3n) is 4.61. The van der Waals surface area contributed by atoms with Crippen LogP contribution in [0.2, 0.25) is 0 Å². The van der Waals surface area contributed by atoms with Crippen LogP contribution >= 0.6 is 0 Å². The largest absolute Gasteiger partial charge is 0.355 e. The number of carbonyl (C=O) groups is 2. The predicted molar refractivity (Wildman–Crippen MR) is 86.6 cm³/mol. The predicted octanol–water partition coefficient (Wildman–Crippen LogP) is 1.08. The maximum Gasteiger partial charge on any atom is 0.317 e. The topological polar surface area (TPSA) is 73.5 Å². The molecule has 3 N–H and O–H groups in total. The van der Waals surface area contributed by atoms with Crippen molar-refractivity contribution in [1.29, 1.82) is 0 Å². The second kappa shape index (κ2) is 8.98. The van der Waals surface area contributed by atoms with Crippen LogP contribution in [-0.4, -0.2) is 55.6 Å². The molecule has 0 aromatic carbocycles. The lowest BCUT2D eigenvalue weighted by Gasteiger charge is -2.33. The molecule has 0 aromatic rings. The summed E-state index contributed by atoms with van der Waals surface area (Å²) >= 11 is 0. The zero-order valence-corrected chi connectivity index (χ0v) is 13.7. The first-order chi connectivity index (χ1) is 10.7. The molecule has 2 rings (SSSR count). The molecule has 126 valence electrons. The van der Waals surface area contributed by atoms with Crippen molar-refractivity contribution < 1.29 is 9.59 Å². The number of carbonyl (C=O) groups excluding carboxylic acids is 2. The van der Waals surface area contributed by atoms with Crippen LogP contribution in [0, 0.1) is 5.92 Å². The number of likely N-dealkylation sites (N-methyl/N-ethyl adjacent to an activating group) is 1. The first-order valence-electron chi connectivity index (χ1n) is 8.74. The van der Waals surface area contributed by atoms with E-state index in [0.717, 1.165) is 45.3 Å². The molecular weight excluding hydrogens is 280 g/mol. The van der Waals surface area contributed by atoms with Crippen molar-refractivity contribution in [2.75, 3.05) is 32.7 Å². The number of amides is 3. The maximum absolute atomic E-state index is 12.3. The van der Waals surface area contributed by atoms with E-state index in [1.165, 1.54) is 12.8 Å². The molecular formula is C16H30N4O2. The highest BCUT2D eigenvalue weighted by Gasteiger charge is 2.29. The van der Waals surface area contributed by atoms with E-state index in [4.69, 9.17) is 0 Å². The van der Waals surface area contributed by atoms with Crippen molar-refractivity contribution in [2.45, 2.75) is 51.5 Å². The molecule has 1 saturated carbocycles. The Labute approximate surface area is 133 Å². The summed E-state index contributed by atoms with van der Waals surface area (Å²) in [6, 6.07) is 0.346. The van der Waals surface area contributed by atoms with Crippen LogP contribution in [0.15, 0.2) is 0 Å². The van der Waals surface area contributed by atoms with E-state index in [9.17, 15) is 9.59 Å². The van der Waals surface area contributed by atoms with Gasteiger partial charge in [0.25, 0.3) is 0 Å². The highest BCUT2D eigenvalue weighted by molar-refractivity contribution is 5.80. The zero-order chi connectivity index (χ0) is 15.8. The minimum Gasteiger partial charge on any atom is -0.355 e. The SMILES string of the molecule is CCNCCNC(=O)C1CCCN(C(=O)NC2CCCC2)C1. The van der Waals surface area contributed by atoms with E-state index in [-0.39, 0.29) is 17.9 Å². The fraction of sp³-hybridized carbons (Fsp3) is 0.875. The van der Waals surface area contributed by atoms with Crippen molar-refractivity contribution in [3.05, 3.63) is 0 Å². The van der Waals surface area contributed by atoms with Crippen LogP contribution in [0.4, 0.5) is 4.79 Å². The van der Waals surface area contributed by atoms with Gasteiger partial charge in [-0.3, -0.25) is 4.79 Å². The quantitative estimate of drug-likeness (QED) is 0.643. The van der Waals surface area contributed by atoms with Gasteiger partial charge in [-0.25, -0.2) is 4.79 Å². The van der Waals surface area contributed by atoms with Gasteiger partial charge >= 0.3 is 6.03 Å². The van der Waals surface area contributed by atoms with Gasteiger partial charge in [-0.1, -0.05) is 19.8 Å². The smallest absolute Gasteiger partial charge is 0.317 e. The third-order valence-corrected chi connectivity index (χ3v) is 4.61. The minimum absolute atomic E-state index is 0.0112. The Bertz CT molecular complexity index is 369. The van der Waals surface area contributed by atoms with Crippen molar-refractivity contribution >= 4 is 11.9 Å². The normalized spacial score (nSPS) is 22.6. The van der Waals surface area contributed by atoms with Crippen molar-refractivity contribution in [1.82, 2.24) is 20.9 Å². The second-order valence-electron chi connectivity index (χ2n) is 6.36. The average molecular weight is 310 g/mol. The zero-order valence-electron chi connectivity index (χ0n) is 13.7. The Kier molecular flexibility index (Phi) is 6.96. The van der Waals surface area contributed by atoms with Crippen LogP contribution in [0.3, 0.4) is 0 Å². The molecule has 0 spiro atoms. The Morgan fingerprint density at radius 2 is 1.86 bits per heavy atom. The van der Waals surface area contributed by atoms with Gasteiger partial charge in [0.2, 0.25) is 5.91 Å². The monoisotopic (exact) mass is 310 g/mol. The molecule has 1 atom stereocenters.